The molecule has 5 rings (SSSR count). The molecule has 0 aliphatic heterocycles. The van der Waals surface area contributed by atoms with Gasteiger partial charge in [-0.1, -0.05) is 6.07 Å². The van der Waals surface area contributed by atoms with Crippen molar-refractivity contribution in [2.75, 3.05) is 5.32 Å². The van der Waals surface area contributed by atoms with Gasteiger partial charge in [0.1, 0.15) is 17.0 Å². The summed E-state index contributed by atoms with van der Waals surface area (Å²) in [5.74, 6) is 0.919. The van der Waals surface area contributed by atoms with Gasteiger partial charge in [-0.2, -0.15) is 0 Å². The highest BCUT2D eigenvalue weighted by Gasteiger charge is 2.19. The average molecular weight is 332 g/mol. The number of hydrogen-bond acceptors (Lipinski definition) is 5. The third-order valence-corrected chi connectivity index (χ3v) is 5.82. The lowest BCUT2D eigenvalue weighted by Crippen LogP contribution is -2.01. The van der Waals surface area contributed by atoms with Crippen LogP contribution in [0.4, 0.5) is 11.5 Å². The Hall–Kier alpha value is -2.53. The normalized spacial score (nSPS) is 14.0. The van der Waals surface area contributed by atoms with Gasteiger partial charge in [-0.3, -0.25) is 4.98 Å². The topological polar surface area (TPSA) is 50.7 Å². The zero-order valence-electron chi connectivity index (χ0n) is 13.1. The first-order chi connectivity index (χ1) is 11.9. The summed E-state index contributed by atoms with van der Waals surface area (Å²) in [5.41, 5.74) is 3.49. The number of rotatable bonds is 2. The number of pyridine rings is 1. The van der Waals surface area contributed by atoms with Gasteiger partial charge in [0.05, 0.1) is 10.9 Å². The van der Waals surface area contributed by atoms with E-state index in [-0.39, 0.29) is 0 Å². The number of aromatic nitrogens is 3. The Morgan fingerprint density at radius 2 is 1.96 bits per heavy atom. The lowest BCUT2D eigenvalue weighted by Gasteiger charge is -2.12. The number of thiophene rings is 1. The van der Waals surface area contributed by atoms with Gasteiger partial charge in [-0.05, 0) is 55.5 Å². The Balaban J connectivity index is 1.62. The molecular formula is C19H16N4S. The molecule has 24 heavy (non-hydrogen) atoms. The fourth-order valence-electron chi connectivity index (χ4n) is 3.48. The quantitative estimate of drug-likeness (QED) is 0.569. The van der Waals surface area contributed by atoms with Crippen LogP contribution in [0.1, 0.15) is 23.3 Å². The van der Waals surface area contributed by atoms with Crippen molar-refractivity contribution in [3.63, 3.8) is 0 Å². The number of fused-ring (bicyclic) bond motifs is 4. The summed E-state index contributed by atoms with van der Waals surface area (Å²) in [6.45, 7) is 0. The molecule has 3 aromatic heterocycles. The minimum absolute atomic E-state index is 0.919. The van der Waals surface area contributed by atoms with Gasteiger partial charge in [0.15, 0.2) is 0 Å². The molecule has 1 aliphatic carbocycles. The maximum Gasteiger partial charge on any atom is 0.142 e. The Morgan fingerprint density at radius 1 is 1.00 bits per heavy atom. The summed E-state index contributed by atoms with van der Waals surface area (Å²) < 4.78 is 0. The molecule has 3 heterocycles. The number of anilines is 2. The number of aryl methyl sites for hydroxylation is 2. The molecule has 0 unspecified atom stereocenters. The van der Waals surface area contributed by atoms with E-state index in [0.29, 0.717) is 0 Å². The van der Waals surface area contributed by atoms with Crippen molar-refractivity contribution in [1.82, 2.24) is 15.0 Å². The van der Waals surface area contributed by atoms with E-state index < -0.39 is 0 Å². The molecule has 5 heteroatoms. The highest BCUT2D eigenvalue weighted by Crippen LogP contribution is 2.38. The van der Waals surface area contributed by atoms with Crippen molar-refractivity contribution in [1.29, 1.82) is 0 Å². The molecule has 0 spiro atoms. The fourth-order valence-corrected chi connectivity index (χ4v) is 4.70. The molecule has 0 atom stereocenters. The average Bonchev–Trinajstić information content (AvgIpc) is 3.01. The van der Waals surface area contributed by atoms with Crippen LogP contribution in [0.25, 0.3) is 21.1 Å². The van der Waals surface area contributed by atoms with Crippen LogP contribution in [0.2, 0.25) is 0 Å². The van der Waals surface area contributed by atoms with E-state index >= 15 is 0 Å². The molecule has 1 aromatic carbocycles. The first-order valence-corrected chi connectivity index (χ1v) is 9.07. The molecule has 0 saturated heterocycles. The maximum absolute atomic E-state index is 4.53. The predicted molar refractivity (Wildman–Crippen MR) is 99.1 cm³/mol. The Bertz CT molecular complexity index is 1050. The summed E-state index contributed by atoms with van der Waals surface area (Å²) in [5, 5.41) is 5.84. The molecule has 0 amide bonds. The molecular weight excluding hydrogens is 316 g/mol. The zero-order valence-corrected chi connectivity index (χ0v) is 13.9. The third kappa shape index (κ3) is 2.24. The Morgan fingerprint density at radius 3 is 2.96 bits per heavy atom. The van der Waals surface area contributed by atoms with E-state index in [4.69, 9.17) is 0 Å². The van der Waals surface area contributed by atoms with Crippen molar-refractivity contribution in [3.05, 3.63) is 53.3 Å². The number of nitrogens with one attached hydrogen (secondary N) is 1. The summed E-state index contributed by atoms with van der Waals surface area (Å²) in [4.78, 5) is 16.0. The monoisotopic (exact) mass is 332 g/mol. The van der Waals surface area contributed by atoms with Crippen molar-refractivity contribution < 1.29 is 0 Å². The molecule has 1 N–H and O–H groups in total. The number of hydrogen-bond donors (Lipinski definition) is 1. The van der Waals surface area contributed by atoms with Crippen LogP contribution in [0.15, 0.2) is 42.9 Å². The van der Waals surface area contributed by atoms with Gasteiger partial charge in [0, 0.05) is 22.1 Å². The van der Waals surface area contributed by atoms with Crippen LogP contribution in [0, 0.1) is 0 Å². The largest absolute Gasteiger partial charge is 0.340 e. The minimum atomic E-state index is 0.919. The van der Waals surface area contributed by atoms with Crippen LogP contribution in [0.3, 0.4) is 0 Å². The first-order valence-electron chi connectivity index (χ1n) is 8.25. The van der Waals surface area contributed by atoms with Gasteiger partial charge in [0.2, 0.25) is 0 Å². The zero-order chi connectivity index (χ0) is 15.9. The van der Waals surface area contributed by atoms with Crippen LogP contribution >= 0.6 is 11.3 Å². The van der Waals surface area contributed by atoms with Crippen molar-refractivity contribution in [3.8, 4) is 0 Å². The van der Waals surface area contributed by atoms with E-state index in [2.05, 4.69) is 38.5 Å². The maximum atomic E-state index is 4.53. The summed E-state index contributed by atoms with van der Waals surface area (Å²) in [6.07, 6.45) is 8.34. The van der Waals surface area contributed by atoms with E-state index in [1.54, 1.807) is 6.33 Å². The van der Waals surface area contributed by atoms with Gasteiger partial charge in [0.25, 0.3) is 0 Å². The first kappa shape index (κ1) is 13.9. The molecule has 0 fully saturated rings. The van der Waals surface area contributed by atoms with E-state index in [1.165, 1.54) is 35.1 Å². The van der Waals surface area contributed by atoms with Gasteiger partial charge in [-0.15, -0.1) is 11.3 Å². The number of nitrogens with zero attached hydrogens (tertiary/aromatic N) is 3. The summed E-state index contributed by atoms with van der Waals surface area (Å²) >= 11 is 1.83. The van der Waals surface area contributed by atoms with Crippen LogP contribution in [-0.4, -0.2) is 15.0 Å². The van der Waals surface area contributed by atoms with Crippen molar-refractivity contribution >= 4 is 44.0 Å². The number of benzene rings is 1. The predicted octanol–water partition coefficient (Wildman–Crippen LogP) is 4.86. The SMILES string of the molecule is c1cnc2ccc(Nc3ncnc4sc5c(c34)CCCC5)cc2c1. The standard InChI is InChI=1S/C19H16N4S/c1-2-6-16-14(5-1)17-18(21-11-22-19(17)24-16)23-13-7-8-15-12(10-13)4-3-9-20-15/h3-4,7-11H,1-2,5-6H2,(H,21,22,23). The molecule has 1 aliphatic rings. The lowest BCUT2D eigenvalue weighted by molar-refractivity contribution is 0.700. The summed E-state index contributed by atoms with van der Waals surface area (Å²) in [6, 6.07) is 10.3. The van der Waals surface area contributed by atoms with Gasteiger partial charge < -0.3 is 5.32 Å². The van der Waals surface area contributed by atoms with Gasteiger partial charge >= 0.3 is 0 Å². The van der Waals surface area contributed by atoms with Gasteiger partial charge in [-0.25, -0.2) is 9.97 Å². The second-order valence-electron chi connectivity index (χ2n) is 6.15. The highest BCUT2D eigenvalue weighted by molar-refractivity contribution is 7.19. The Kier molecular flexibility index (Phi) is 3.19. The van der Waals surface area contributed by atoms with Crippen molar-refractivity contribution in [2.45, 2.75) is 25.7 Å². The molecule has 118 valence electrons. The van der Waals surface area contributed by atoms with E-state index in [1.807, 2.05) is 29.7 Å². The molecule has 4 nitrogen and oxygen atoms in total. The van der Waals surface area contributed by atoms with Crippen molar-refractivity contribution in [2.24, 2.45) is 0 Å². The fraction of sp³-hybridized carbons (Fsp3) is 0.211. The smallest absolute Gasteiger partial charge is 0.142 e. The van der Waals surface area contributed by atoms with Crippen LogP contribution < -0.4 is 5.32 Å². The molecule has 0 radical (unpaired) electrons. The highest BCUT2D eigenvalue weighted by atomic mass is 32.1. The second kappa shape index (κ2) is 5.53. The van der Waals surface area contributed by atoms with E-state index in [9.17, 15) is 0 Å². The minimum Gasteiger partial charge on any atom is -0.340 e. The molecule has 4 aromatic rings. The second-order valence-corrected chi connectivity index (χ2v) is 7.23. The third-order valence-electron chi connectivity index (χ3n) is 4.62. The van der Waals surface area contributed by atoms with E-state index in [0.717, 1.165) is 33.7 Å². The summed E-state index contributed by atoms with van der Waals surface area (Å²) in [7, 11) is 0. The Labute approximate surface area is 143 Å². The van der Waals surface area contributed by atoms with Crippen LogP contribution in [0.5, 0.6) is 0 Å². The van der Waals surface area contributed by atoms with Crippen LogP contribution in [-0.2, 0) is 12.8 Å². The lowest BCUT2D eigenvalue weighted by atomic mass is 9.97. The molecule has 0 saturated carbocycles. The molecule has 0 bridgehead atoms.